The van der Waals surface area contributed by atoms with Gasteiger partial charge in [-0.25, -0.2) is 22.8 Å². The maximum Gasteiger partial charge on any atom is 0.268 e. The summed E-state index contributed by atoms with van der Waals surface area (Å²) in [5, 5.41) is 3.19. The molecule has 4 aromatic rings. The highest BCUT2D eigenvalue weighted by Crippen LogP contribution is 2.42. The topological polar surface area (TPSA) is 92.3 Å². The number of fused-ring (bicyclic) bond motifs is 3. The van der Waals surface area contributed by atoms with Crippen molar-refractivity contribution in [3.63, 3.8) is 0 Å². The zero-order valence-corrected chi connectivity index (χ0v) is 21.7. The van der Waals surface area contributed by atoms with E-state index in [0.29, 0.717) is 27.7 Å². The molecule has 3 aromatic carbocycles. The normalized spacial score (nSPS) is 13.5. The summed E-state index contributed by atoms with van der Waals surface area (Å²) in [6.07, 6.45) is 1.29. The summed E-state index contributed by atoms with van der Waals surface area (Å²) in [7, 11) is -3.98. The van der Waals surface area contributed by atoms with Gasteiger partial charge in [-0.2, -0.15) is 0 Å². The van der Waals surface area contributed by atoms with Crippen LogP contribution in [0.2, 0.25) is 0 Å². The maximum atomic E-state index is 13.6. The monoisotopic (exact) mass is 534 g/mol. The molecule has 0 bridgehead atoms. The molecule has 37 heavy (non-hydrogen) atoms. The Morgan fingerprint density at radius 1 is 1.05 bits per heavy atom. The zero-order chi connectivity index (χ0) is 26.2. The van der Waals surface area contributed by atoms with Crippen LogP contribution in [-0.2, 0) is 21.4 Å². The molecule has 2 heterocycles. The van der Waals surface area contributed by atoms with Gasteiger partial charge in [0.25, 0.3) is 10.0 Å². The number of hydrogen-bond acceptors (Lipinski definition) is 6. The van der Waals surface area contributed by atoms with Crippen LogP contribution in [0.3, 0.4) is 0 Å². The minimum Gasteiger partial charge on any atom is -0.325 e. The number of sulfonamides is 1. The number of aryl methyl sites for hydroxylation is 2. The van der Waals surface area contributed by atoms with E-state index in [1.54, 1.807) is 30.3 Å². The Morgan fingerprint density at radius 3 is 2.57 bits per heavy atom. The third kappa shape index (κ3) is 5.07. The number of aromatic nitrogens is 2. The standard InChI is InChI=1S/C27H23FN4O3S2/c1-17-7-12-22(18(2)13-17)30-25(33)16-36-27-29-14-24-26(31-27)21-5-3-4-6-23(21)32(37(24,34)35)15-19-8-10-20(28)11-9-19/h3-14H,15-16H2,1-2H3,(H,30,33). The van der Waals surface area contributed by atoms with Crippen molar-refractivity contribution in [2.24, 2.45) is 0 Å². The summed E-state index contributed by atoms with van der Waals surface area (Å²) in [4.78, 5) is 21.3. The van der Waals surface area contributed by atoms with Crippen LogP contribution < -0.4 is 9.62 Å². The number of anilines is 2. The molecule has 1 amide bonds. The van der Waals surface area contributed by atoms with E-state index in [0.717, 1.165) is 28.6 Å². The van der Waals surface area contributed by atoms with Crippen LogP contribution >= 0.6 is 11.8 Å². The zero-order valence-electron chi connectivity index (χ0n) is 20.1. The van der Waals surface area contributed by atoms with Crippen molar-refractivity contribution in [1.82, 2.24) is 9.97 Å². The van der Waals surface area contributed by atoms with Crippen molar-refractivity contribution in [1.29, 1.82) is 0 Å². The number of para-hydroxylation sites is 1. The molecule has 1 aliphatic rings. The Morgan fingerprint density at radius 2 is 1.81 bits per heavy atom. The van der Waals surface area contributed by atoms with Gasteiger partial charge in [0, 0.05) is 11.3 Å². The van der Waals surface area contributed by atoms with E-state index in [-0.39, 0.29) is 23.1 Å². The number of nitrogens with one attached hydrogen (secondary N) is 1. The summed E-state index contributed by atoms with van der Waals surface area (Å²) in [6.45, 7) is 3.95. The van der Waals surface area contributed by atoms with Gasteiger partial charge < -0.3 is 5.32 Å². The summed E-state index contributed by atoms with van der Waals surface area (Å²) in [5.74, 6) is -0.536. The number of halogens is 1. The fourth-order valence-electron chi connectivity index (χ4n) is 4.14. The number of amides is 1. The van der Waals surface area contributed by atoms with Crippen LogP contribution in [0.1, 0.15) is 16.7 Å². The fraction of sp³-hybridized carbons (Fsp3) is 0.148. The molecule has 0 fully saturated rings. The van der Waals surface area contributed by atoms with Crippen LogP contribution in [0.15, 0.2) is 83.0 Å². The predicted octanol–water partition coefficient (Wildman–Crippen LogP) is 5.34. The van der Waals surface area contributed by atoms with Crippen molar-refractivity contribution >= 4 is 39.1 Å². The predicted molar refractivity (Wildman–Crippen MR) is 143 cm³/mol. The number of rotatable bonds is 6. The third-order valence-electron chi connectivity index (χ3n) is 5.96. The van der Waals surface area contributed by atoms with Gasteiger partial charge in [-0.05, 0) is 49.2 Å². The minimum atomic E-state index is -3.98. The van der Waals surface area contributed by atoms with Crippen LogP contribution in [0.4, 0.5) is 15.8 Å². The lowest BCUT2D eigenvalue weighted by Crippen LogP contribution is -2.34. The van der Waals surface area contributed by atoms with E-state index >= 15 is 0 Å². The Hall–Kier alpha value is -3.76. The van der Waals surface area contributed by atoms with E-state index in [4.69, 9.17) is 0 Å². The van der Waals surface area contributed by atoms with Crippen LogP contribution in [0, 0.1) is 19.7 Å². The average molecular weight is 535 g/mol. The van der Waals surface area contributed by atoms with E-state index in [1.165, 1.54) is 22.6 Å². The number of thioether (sulfide) groups is 1. The van der Waals surface area contributed by atoms with E-state index < -0.39 is 15.8 Å². The summed E-state index contributed by atoms with van der Waals surface area (Å²) >= 11 is 1.13. The Balaban J connectivity index is 1.40. The SMILES string of the molecule is Cc1ccc(NC(=O)CSc2ncc3c(n2)-c2ccccc2N(Cc2ccc(F)cc2)S3(=O)=O)c(C)c1. The highest BCUT2D eigenvalue weighted by molar-refractivity contribution is 7.99. The van der Waals surface area contributed by atoms with Crippen LogP contribution in [-0.4, -0.2) is 30.0 Å². The number of nitrogens with zero attached hydrogens (tertiary/aromatic N) is 3. The second-order valence-corrected chi connectivity index (χ2v) is 11.4. The summed E-state index contributed by atoms with van der Waals surface area (Å²) < 4.78 is 41.8. The second kappa shape index (κ2) is 9.95. The Bertz CT molecular complexity index is 1610. The molecule has 188 valence electrons. The van der Waals surface area contributed by atoms with Crippen molar-refractivity contribution < 1.29 is 17.6 Å². The molecule has 0 saturated heterocycles. The Kier molecular flexibility index (Phi) is 6.70. The first-order valence-corrected chi connectivity index (χ1v) is 13.9. The highest BCUT2D eigenvalue weighted by Gasteiger charge is 2.36. The molecule has 1 aliphatic heterocycles. The molecule has 1 N–H and O–H groups in total. The van der Waals surface area contributed by atoms with Gasteiger partial charge in [0.2, 0.25) is 5.91 Å². The molecular weight excluding hydrogens is 511 g/mol. The van der Waals surface area contributed by atoms with E-state index in [9.17, 15) is 17.6 Å². The van der Waals surface area contributed by atoms with Gasteiger partial charge in [0.1, 0.15) is 10.7 Å². The Labute approximate surface area is 218 Å². The van der Waals surface area contributed by atoms with E-state index in [1.807, 2.05) is 38.1 Å². The molecule has 10 heteroatoms. The number of carbonyl (C=O) groups excluding carboxylic acids is 1. The lowest BCUT2D eigenvalue weighted by molar-refractivity contribution is -0.113. The number of hydrogen-bond donors (Lipinski definition) is 1. The van der Waals surface area contributed by atoms with Gasteiger partial charge in [0.15, 0.2) is 5.16 Å². The molecule has 1 aromatic heterocycles. The van der Waals surface area contributed by atoms with Gasteiger partial charge in [0.05, 0.1) is 29.9 Å². The fourth-order valence-corrected chi connectivity index (χ4v) is 6.32. The number of carbonyl (C=O) groups is 1. The van der Waals surface area contributed by atoms with Gasteiger partial charge in [-0.1, -0.05) is 59.8 Å². The quantitative estimate of drug-likeness (QED) is 0.265. The third-order valence-corrected chi connectivity index (χ3v) is 8.58. The van der Waals surface area contributed by atoms with Crippen molar-refractivity contribution in [2.75, 3.05) is 15.4 Å². The van der Waals surface area contributed by atoms with Crippen molar-refractivity contribution in [2.45, 2.75) is 30.4 Å². The van der Waals surface area contributed by atoms with Gasteiger partial charge in [-0.3, -0.25) is 9.10 Å². The van der Waals surface area contributed by atoms with E-state index in [2.05, 4.69) is 15.3 Å². The van der Waals surface area contributed by atoms with Gasteiger partial charge in [-0.15, -0.1) is 0 Å². The molecule has 0 aliphatic carbocycles. The molecule has 7 nitrogen and oxygen atoms in total. The van der Waals surface area contributed by atoms with Gasteiger partial charge >= 0.3 is 0 Å². The molecule has 0 atom stereocenters. The van der Waals surface area contributed by atoms with Crippen molar-refractivity contribution in [3.05, 3.63) is 95.4 Å². The van der Waals surface area contributed by atoms with Crippen LogP contribution in [0.25, 0.3) is 11.3 Å². The maximum absolute atomic E-state index is 13.6. The smallest absolute Gasteiger partial charge is 0.268 e. The summed E-state index contributed by atoms with van der Waals surface area (Å²) in [5.41, 5.74) is 4.86. The molecule has 5 rings (SSSR count). The molecule has 0 saturated carbocycles. The lowest BCUT2D eigenvalue weighted by atomic mass is 10.1. The van der Waals surface area contributed by atoms with Crippen LogP contribution in [0.5, 0.6) is 0 Å². The largest absolute Gasteiger partial charge is 0.325 e. The molecule has 0 spiro atoms. The highest BCUT2D eigenvalue weighted by atomic mass is 32.2. The molecular formula is C27H23FN4O3S2. The first-order valence-electron chi connectivity index (χ1n) is 11.5. The minimum absolute atomic E-state index is 0.0163. The van der Waals surface area contributed by atoms with Crippen molar-refractivity contribution in [3.8, 4) is 11.3 Å². The molecule has 0 radical (unpaired) electrons. The lowest BCUT2D eigenvalue weighted by Gasteiger charge is -2.31. The first kappa shape index (κ1) is 24.9. The number of benzene rings is 3. The average Bonchev–Trinajstić information content (AvgIpc) is 2.88. The summed E-state index contributed by atoms with van der Waals surface area (Å²) in [6, 6.07) is 18.6. The second-order valence-electron chi connectivity index (χ2n) is 8.68. The molecule has 0 unspecified atom stereocenters. The first-order chi connectivity index (χ1) is 17.7.